The van der Waals surface area contributed by atoms with E-state index in [1.807, 2.05) is 47.4 Å². The van der Waals surface area contributed by atoms with E-state index in [4.69, 9.17) is 0 Å². The van der Waals surface area contributed by atoms with Crippen LogP contribution in [0.4, 0.5) is 0 Å². The third-order valence-electron chi connectivity index (χ3n) is 5.00. The molecule has 4 rings (SSSR count). The summed E-state index contributed by atoms with van der Waals surface area (Å²) < 4.78 is 1.70. The maximum absolute atomic E-state index is 12.9. The Morgan fingerprint density at radius 3 is 2.79 bits per heavy atom. The number of carbonyl (C=O) groups is 1. The highest BCUT2D eigenvalue weighted by atomic mass is 32.1. The first-order valence-electron chi connectivity index (χ1n) is 9.94. The number of aromatic nitrogens is 3. The lowest BCUT2D eigenvalue weighted by Crippen LogP contribution is -2.35. The summed E-state index contributed by atoms with van der Waals surface area (Å²) in [5, 5.41) is 10.3. The minimum Gasteiger partial charge on any atom is -0.336 e. The van der Waals surface area contributed by atoms with Crippen molar-refractivity contribution in [2.45, 2.75) is 19.5 Å². The highest BCUT2D eigenvalue weighted by molar-refractivity contribution is 7.09. The van der Waals surface area contributed by atoms with Gasteiger partial charge in [0.2, 0.25) is 0 Å². The van der Waals surface area contributed by atoms with Crippen LogP contribution in [0.2, 0.25) is 0 Å². The Balaban J connectivity index is 1.31. The number of hydrogen-bond acceptors (Lipinski definition) is 5. The molecule has 1 aliphatic heterocycles. The topological polar surface area (TPSA) is 54.3 Å². The summed E-state index contributed by atoms with van der Waals surface area (Å²) in [7, 11) is 0. The lowest BCUT2D eigenvalue weighted by molar-refractivity contribution is 0.0755. The molecule has 2 aromatic heterocycles. The molecule has 0 atom stereocenters. The molecule has 1 fully saturated rings. The van der Waals surface area contributed by atoms with E-state index in [1.165, 1.54) is 4.88 Å². The molecule has 0 N–H and O–H groups in total. The summed E-state index contributed by atoms with van der Waals surface area (Å²) in [6.07, 6.45) is 6.78. The van der Waals surface area contributed by atoms with E-state index in [0.717, 1.165) is 44.7 Å². The lowest BCUT2D eigenvalue weighted by Gasteiger charge is -2.20. The highest BCUT2D eigenvalue weighted by Gasteiger charge is 2.22. The number of benzene rings is 1. The highest BCUT2D eigenvalue weighted by Crippen LogP contribution is 2.14. The predicted molar refractivity (Wildman–Crippen MR) is 116 cm³/mol. The van der Waals surface area contributed by atoms with Gasteiger partial charge in [-0.15, -0.1) is 16.4 Å². The van der Waals surface area contributed by atoms with E-state index in [9.17, 15) is 4.79 Å². The van der Waals surface area contributed by atoms with Crippen LogP contribution in [0.15, 0.2) is 60.1 Å². The standard InChI is InChI=1S/C22H25N5OS/c28-22(26-12-6-11-25(14-15-26)17-20-10-5-16-29-20)21-18-27(24-23-21)13-4-9-19-7-2-1-3-8-19/h1-5,7-10,16,18H,6,11-15,17H2/b9-4+. The van der Waals surface area contributed by atoms with Crippen LogP contribution < -0.4 is 0 Å². The van der Waals surface area contributed by atoms with Gasteiger partial charge in [-0.1, -0.05) is 53.8 Å². The van der Waals surface area contributed by atoms with Gasteiger partial charge in [-0.2, -0.15) is 0 Å². The molecule has 1 aliphatic rings. The lowest BCUT2D eigenvalue weighted by atomic mass is 10.2. The van der Waals surface area contributed by atoms with Crippen LogP contribution in [0.5, 0.6) is 0 Å². The zero-order valence-corrected chi connectivity index (χ0v) is 17.2. The van der Waals surface area contributed by atoms with Crippen molar-refractivity contribution in [1.29, 1.82) is 0 Å². The van der Waals surface area contributed by atoms with Gasteiger partial charge in [0.05, 0.1) is 12.7 Å². The van der Waals surface area contributed by atoms with E-state index in [-0.39, 0.29) is 5.91 Å². The summed E-state index contributed by atoms with van der Waals surface area (Å²) in [4.78, 5) is 18.6. The minimum absolute atomic E-state index is 0.0266. The number of nitrogens with zero attached hydrogens (tertiary/aromatic N) is 5. The number of amides is 1. The van der Waals surface area contributed by atoms with Crippen molar-refractivity contribution in [2.24, 2.45) is 0 Å². The molecule has 0 unspecified atom stereocenters. The molecule has 150 valence electrons. The van der Waals surface area contributed by atoms with Gasteiger partial charge in [-0.3, -0.25) is 9.69 Å². The van der Waals surface area contributed by atoms with Gasteiger partial charge in [0.25, 0.3) is 5.91 Å². The molecule has 1 saturated heterocycles. The fourth-order valence-corrected chi connectivity index (χ4v) is 4.21. The number of allylic oxidation sites excluding steroid dienone is 1. The maximum Gasteiger partial charge on any atom is 0.276 e. The van der Waals surface area contributed by atoms with Crippen LogP contribution in [0, 0.1) is 0 Å². The molecule has 0 radical (unpaired) electrons. The smallest absolute Gasteiger partial charge is 0.276 e. The molecule has 1 amide bonds. The van der Waals surface area contributed by atoms with Gasteiger partial charge < -0.3 is 4.90 Å². The normalized spacial score (nSPS) is 15.7. The average Bonchev–Trinajstić information content (AvgIpc) is 3.37. The first-order chi connectivity index (χ1) is 14.3. The average molecular weight is 408 g/mol. The number of thiophene rings is 1. The summed E-state index contributed by atoms with van der Waals surface area (Å²) in [6.45, 7) is 4.94. The van der Waals surface area contributed by atoms with Crippen molar-refractivity contribution < 1.29 is 4.79 Å². The maximum atomic E-state index is 12.9. The molecule has 1 aromatic carbocycles. The van der Waals surface area contributed by atoms with E-state index >= 15 is 0 Å². The summed E-state index contributed by atoms with van der Waals surface area (Å²) in [5.41, 5.74) is 1.56. The van der Waals surface area contributed by atoms with Gasteiger partial charge >= 0.3 is 0 Å². The second kappa shape index (κ2) is 9.62. The van der Waals surface area contributed by atoms with E-state index < -0.39 is 0 Å². The second-order valence-electron chi connectivity index (χ2n) is 7.14. The zero-order chi connectivity index (χ0) is 19.9. The molecule has 6 nitrogen and oxygen atoms in total. The van der Waals surface area contributed by atoms with E-state index in [1.54, 1.807) is 22.2 Å². The molecule has 29 heavy (non-hydrogen) atoms. The van der Waals surface area contributed by atoms with Crippen LogP contribution in [-0.2, 0) is 13.1 Å². The predicted octanol–water partition coefficient (Wildman–Crippen LogP) is 3.40. The Labute approximate surface area is 175 Å². The quantitative estimate of drug-likeness (QED) is 0.628. The molecular formula is C22H25N5OS. The van der Waals surface area contributed by atoms with Crippen LogP contribution in [0.3, 0.4) is 0 Å². The molecule has 7 heteroatoms. The molecule has 0 bridgehead atoms. The SMILES string of the molecule is O=C(c1cn(C/C=C/c2ccccc2)nn1)N1CCCN(Cc2cccs2)CC1. The first kappa shape index (κ1) is 19.5. The van der Waals surface area contributed by atoms with Crippen molar-refractivity contribution in [3.63, 3.8) is 0 Å². The Bertz CT molecular complexity index is 935. The molecular weight excluding hydrogens is 382 g/mol. The van der Waals surface area contributed by atoms with Gasteiger partial charge in [0.15, 0.2) is 5.69 Å². The van der Waals surface area contributed by atoms with Crippen molar-refractivity contribution in [1.82, 2.24) is 24.8 Å². The monoisotopic (exact) mass is 407 g/mol. The third kappa shape index (κ3) is 5.40. The van der Waals surface area contributed by atoms with Crippen LogP contribution >= 0.6 is 11.3 Å². The van der Waals surface area contributed by atoms with Crippen molar-refractivity contribution in [2.75, 3.05) is 26.2 Å². The van der Waals surface area contributed by atoms with E-state index in [2.05, 4.69) is 32.7 Å². The fourth-order valence-electron chi connectivity index (χ4n) is 3.46. The van der Waals surface area contributed by atoms with Crippen LogP contribution in [-0.4, -0.2) is 56.9 Å². The van der Waals surface area contributed by atoms with Crippen molar-refractivity contribution >= 4 is 23.3 Å². The first-order valence-corrected chi connectivity index (χ1v) is 10.8. The number of rotatable bonds is 6. The van der Waals surface area contributed by atoms with Gasteiger partial charge in [0, 0.05) is 37.6 Å². The summed E-state index contributed by atoms with van der Waals surface area (Å²) >= 11 is 1.79. The van der Waals surface area contributed by atoms with Crippen LogP contribution in [0.1, 0.15) is 27.3 Å². The summed E-state index contributed by atoms with van der Waals surface area (Å²) in [6, 6.07) is 14.4. The van der Waals surface area contributed by atoms with Crippen molar-refractivity contribution in [3.05, 3.63) is 76.3 Å². The largest absolute Gasteiger partial charge is 0.336 e. The van der Waals surface area contributed by atoms with Gasteiger partial charge in [0.1, 0.15) is 0 Å². The van der Waals surface area contributed by atoms with Gasteiger partial charge in [-0.05, 0) is 23.4 Å². The Morgan fingerprint density at radius 2 is 1.97 bits per heavy atom. The molecule has 0 spiro atoms. The Hall–Kier alpha value is -2.77. The Kier molecular flexibility index (Phi) is 6.49. The molecule has 3 aromatic rings. The third-order valence-corrected chi connectivity index (χ3v) is 5.86. The fraction of sp³-hybridized carbons (Fsp3) is 0.318. The van der Waals surface area contributed by atoms with Crippen molar-refractivity contribution in [3.8, 4) is 0 Å². The molecule has 0 aliphatic carbocycles. The van der Waals surface area contributed by atoms with Crippen LogP contribution in [0.25, 0.3) is 6.08 Å². The molecule has 0 saturated carbocycles. The zero-order valence-electron chi connectivity index (χ0n) is 16.4. The van der Waals surface area contributed by atoms with Gasteiger partial charge in [-0.25, -0.2) is 4.68 Å². The minimum atomic E-state index is -0.0266. The summed E-state index contributed by atoms with van der Waals surface area (Å²) in [5.74, 6) is -0.0266. The Morgan fingerprint density at radius 1 is 1.07 bits per heavy atom. The molecule has 3 heterocycles. The number of hydrogen-bond donors (Lipinski definition) is 0. The number of carbonyl (C=O) groups excluding carboxylic acids is 1. The van der Waals surface area contributed by atoms with E-state index in [0.29, 0.717) is 12.2 Å². The second-order valence-corrected chi connectivity index (χ2v) is 8.17.